The van der Waals surface area contributed by atoms with Gasteiger partial charge in [-0.3, -0.25) is 4.79 Å². The van der Waals surface area contributed by atoms with Crippen molar-refractivity contribution in [2.45, 2.75) is 71.9 Å². The first kappa shape index (κ1) is 17.3. The van der Waals surface area contributed by atoms with Crippen molar-refractivity contribution in [3.8, 4) is 6.07 Å². The van der Waals surface area contributed by atoms with Crippen LogP contribution in [0.15, 0.2) is 11.6 Å². The van der Waals surface area contributed by atoms with Gasteiger partial charge in [0.2, 0.25) is 0 Å². The molecule has 4 nitrogen and oxygen atoms in total. The lowest BCUT2D eigenvalue weighted by atomic mass is 10.1. The standard InChI is InChI=1S/C19H27N3O/c1-13-10-15(14(2)22(13)19(3,4)5)11-16(12-20)18(23)21-17-8-6-7-9-17/h10-11,17H,6-9H2,1-5H3,(H,21,23)/b16-11-. The molecule has 1 aromatic heterocycles. The zero-order valence-electron chi connectivity index (χ0n) is 14.9. The average Bonchev–Trinajstić information content (AvgIpc) is 3.03. The number of hydrogen-bond acceptors (Lipinski definition) is 2. The highest BCUT2D eigenvalue weighted by molar-refractivity contribution is 6.02. The molecule has 0 bridgehead atoms. The van der Waals surface area contributed by atoms with E-state index in [4.69, 9.17) is 0 Å². The summed E-state index contributed by atoms with van der Waals surface area (Å²) in [5, 5.41) is 12.4. The minimum Gasteiger partial charge on any atom is -0.349 e. The Hall–Kier alpha value is -2.02. The number of aryl methyl sites for hydroxylation is 1. The Kier molecular flexibility index (Phi) is 4.99. The lowest BCUT2D eigenvalue weighted by Crippen LogP contribution is -2.33. The van der Waals surface area contributed by atoms with Crippen molar-refractivity contribution < 1.29 is 4.79 Å². The highest BCUT2D eigenvalue weighted by atomic mass is 16.1. The third-order valence-electron chi connectivity index (χ3n) is 4.50. The predicted octanol–water partition coefficient (Wildman–Crippen LogP) is 3.83. The molecule has 23 heavy (non-hydrogen) atoms. The SMILES string of the molecule is Cc1cc(/C=C(/C#N)C(=O)NC2CCCC2)c(C)n1C(C)(C)C. The fourth-order valence-corrected chi connectivity index (χ4v) is 3.60. The molecule has 1 saturated carbocycles. The van der Waals surface area contributed by atoms with Gasteiger partial charge in [-0.25, -0.2) is 0 Å². The lowest BCUT2D eigenvalue weighted by Gasteiger charge is -2.25. The number of nitrogens with one attached hydrogen (secondary N) is 1. The molecule has 0 aromatic carbocycles. The van der Waals surface area contributed by atoms with Crippen LogP contribution in [0.4, 0.5) is 0 Å². The summed E-state index contributed by atoms with van der Waals surface area (Å²) in [6, 6.07) is 4.32. The molecule has 1 fully saturated rings. The molecule has 0 saturated heterocycles. The van der Waals surface area contributed by atoms with E-state index in [1.54, 1.807) is 6.08 Å². The largest absolute Gasteiger partial charge is 0.349 e. The van der Waals surface area contributed by atoms with Gasteiger partial charge in [0.05, 0.1) is 0 Å². The van der Waals surface area contributed by atoms with Crippen molar-refractivity contribution in [1.29, 1.82) is 5.26 Å². The Balaban J connectivity index is 2.28. The number of aromatic nitrogens is 1. The van der Waals surface area contributed by atoms with Crippen molar-refractivity contribution in [1.82, 2.24) is 9.88 Å². The van der Waals surface area contributed by atoms with Gasteiger partial charge in [-0.1, -0.05) is 12.8 Å². The Morgan fingerprint density at radius 2 is 1.96 bits per heavy atom. The van der Waals surface area contributed by atoms with E-state index in [1.807, 2.05) is 13.0 Å². The Morgan fingerprint density at radius 3 is 2.43 bits per heavy atom. The van der Waals surface area contributed by atoms with Crippen LogP contribution in [-0.4, -0.2) is 16.5 Å². The van der Waals surface area contributed by atoms with E-state index in [-0.39, 0.29) is 23.1 Å². The van der Waals surface area contributed by atoms with Crippen molar-refractivity contribution in [3.05, 3.63) is 28.6 Å². The summed E-state index contributed by atoms with van der Waals surface area (Å²) in [6.45, 7) is 10.5. The molecule has 124 valence electrons. The monoisotopic (exact) mass is 313 g/mol. The minimum absolute atomic E-state index is 0.0286. The molecule has 1 amide bonds. The molecule has 1 aliphatic rings. The molecule has 0 aliphatic heterocycles. The molecule has 1 aromatic rings. The van der Waals surface area contributed by atoms with Gasteiger partial charge in [-0.05, 0) is 65.2 Å². The smallest absolute Gasteiger partial charge is 0.262 e. The van der Waals surface area contributed by atoms with E-state index in [0.29, 0.717) is 0 Å². The summed E-state index contributed by atoms with van der Waals surface area (Å²) in [5.41, 5.74) is 3.31. The van der Waals surface area contributed by atoms with Crippen molar-refractivity contribution in [2.75, 3.05) is 0 Å². The number of carbonyl (C=O) groups excluding carboxylic acids is 1. The average molecular weight is 313 g/mol. The van der Waals surface area contributed by atoms with E-state index in [1.165, 1.54) is 0 Å². The summed E-state index contributed by atoms with van der Waals surface area (Å²) in [6.07, 6.45) is 6.06. The number of nitrogens with zero attached hydrogens (tertiary/aromatic N) is 2. The molecular formula is C19H27N3O. The van der Waals surface area contributed by atoms with Crippen LogP contribution in [0, 0.1) is 25.2 Å². The van der Waals surface area contributed by atoms with Crippen LogP contribution >= 0.6 is 0 Å². The second kappa shape index (κ2) is 6.62. The van der Waals surface area contributed by atoms with Crippen LogP contribution in [0.25, 0.3) is 6.08 Å². The zero-order valence-corrected chi connectivity index (χ0v) is 14.9. The van der Waals surface area contributed by atoms with E-state index >= 15 is 0 Å². The number of amides is 1. The second-order valence-electron chi connectivity index (χ2n) is 7.46. The van der Waals surface area contributed by atoms with E-state index < -0.39 is 0 Å². The fourth-order valence-electron chi connectivity index (χ4n) is 3.60. The molecule has 1 heterocycles. The van der Waals surface area contributed by atoms with Gasteiger partial charge < -0.3 is 9.88 Å². The zero-order chi connectivity index (χ0) is 17.2. The van der Waals surface area contributed by atoms with E-state index in [9.17, 15) is 10.1 Å². The molecule has 1 aliphatic carbocycles. The number of hydrogen-bond donors (Lipinski definition) is 1. The summed E-state index contributed by atoms with van der Waals surface area (Å²) >= 11 is 0. The predicted molar refractivity (Wildman–Crippen MR) is 92.9 cm³/mol. The third kappa shape index (κ3) is 3.85. The Morgan fingerprint density at radius 1 is 1.35 bits per heavy atom. The summed E-state index contributed by atoms with van der Waals surface area (Å²) < 4.78 is 2.24. The van der Waals surface area contributed by atoms with Crippen LogP contribution in [0.2, 0.25) is 0 Å². The Labute approximate surface area is 139 Å². The molecule has 4 heteroatoms. The van der Waals surface area contributed by atoms with Gasteiger partial charge in [-0.15, -0.1) is 0 Å². The molecule has 0 spiro atoms. The molecule has 0 atom stereocenters. The minimum atomic E-state index is -0.250. The Bertz CT molecular complexity index is 662. The van der Waals surface area contributed by atoms with Crippen LogP contribution in [0.5, 0.6) is 0 Å². The third-order valence-corrected chi connectivity index (χ3v) is 4.50. The first-order chi connectivity index (χ1) is 10.7. The highest BCUT2D eigenvalue weighted by Crippen LogP contribution is 2.26. The summed E-state index contributed by atoms with van der Waals surface area (Å²) in [5.74, 6) is -0.250. The fraction of sp³-hybridized carbons (Fsp3) is 0.579. The number of nitriles is 1. The number of rotatable bonds is 3. The van der Waals surface area contributed by atoms with E-state index in [0.717, 1.165) is 42.6 Å². The van der Waals surface area contributed by atoms with E-state index in [2.05, 4.69) is 43.6 Å². The van der Waals surface area contributed by atoms with Gasteiger partial charge >= 0.3 is 0 Å². The normalized spacial score (nSPS) is 16.4. The maximum atomic E-state index is 12.3. The maximum Gasteiger partial charge on any atom is 0.262 e. The van der Waals surface area contributed by atoms with Crippen LogP contribution < -0.4 is 5.32 Å². The highest BCUT2D eigenvalue weighted by Gasteiger charge is 2.22. The summed E-state index contributed by atoms with van der Waals surface area (Å²) in [7, 11) is 0. The second-order valence-corrected chi connectivity index (χ2v) is 7.46. The molecule has 0 unspecified atom stereocenters. The quantitative estimate of drug-likeness (QED) is 0.681. The van der Waals surface area contributed by atoms with Crippen LogP contribution in [-0.2, 0) is 10.3 Å². The lowest BCUT2D eigenvalue weighted by molar-refractivity contribution is -0.117. The van der Waals surface area contributed by atoms with Crippen LogP contribution in [0.1, 0.15) is 63.4 Å². The first-order valence-electron chi connectivity index (χ1n) is 8.36. The molecule has 1 N–H and O–H groups in total. The van der Waals surface area contributed by atoms with Crippen molar-refractivity contribution >= 4 is 12.0 Å². The topological polar surface area (TPSA) is 57.8 Å². The van der Waals surface area contributed by atoms with Crippen LogP contribution in [0.3, 0.4) is 0 Å². The number of carbonyl (C=O) groups is 1. The molecule has 0 radical (unpaired) electrons. The van der Waals surface area contributed by atoms with Gasteiger partial charge in [-0.2, -0.15) is 5.26 Å². The maximum absolute atomic E-state index is 12.3. The van der Waals surface area contributed by atoms with Gasteiger partial charge in [0, 0.05) is 23.0 Å². The molecule has 2 rings (SSSR count). The summed E-state index contributed by atoms with van der Waals surface area (Å²) in [4.78, 5) is 12.3. The van der Waals surface area contributed by atoms with Crippen molar-refractivity contribution in [2.24, 2.45) is 0 Å². The first-order valence-corrected chi connectivity index (χ1v) is 8.36. The van der Waals surface area contributed by atoms with Gasteiger partial charge in [0.15, 0.2) is 0 Å². The molecular weight excluding hydrogens is 286 g/mol. The van der Waals surface area contributed by atoms with Gasteiger partial charge in [0.1, 0.15) is 11.6 Å². The van der Waals surface area contributed by atoms with Gasteiger partial charge in [0.25, 0.3) is 5.91 Å². The van der Waals surface area contributed by atoms with Crippen molar-refractivity contribution in [3.63, 3.8) is 0 Å².